The molecule has 1 amide bonds. The molecule has 1 saturated heterocycles. The van der Waals surface area contributed by atoms with E-state index >= 15 is 0 Å². The third kappa shape index (κ3) is 4.57. The minimum atomic E-state index is 0.0682. The molecule has 0 bridgehead atoms. The highest BCUT2D eigenvalue weighted by Gasteiger charge is 2.26. The Morgan fingerprint density at radius 3 is 2.71 bits per heavy atom. The molecule has 1 aromatic rings. The van der Waals surface area contributed by atoms with E-state index in [1.807, 2.05) is 6.07 Å². The van der Waals surface area contributed by atoms with E-state index in [-0.39, 0.29) is 23.3 Å². The average molecular weight is 288 g/mol. The number of benzene rings is 1. The van der Waals surface area contributed by atoms with Gasteiger partial charge >= 0.3 is 0 Å². The molecule has 1 aromatic carbocycles. The minimum Gasteiger partial charge on any atom is -0.353 e. The maximum atomic E-state index is 12.3. The zero-order valence-electron chi connectivity index (χ0n) is 13.5. The van der Waals surface area contributed by atoms with Crippen molar-refractivity contribution in [3.63, 3.8) is 0 Å². The Hall–Kier alpha value is -1.35. The number of carbonyl (C=O) groups excluding carboxylic acids is 1. The van der Waals surface area contributed by atoms with Crippen LogP contribution in [0.25, 0.3) is 0 Å². The van der Waals surface area contributed by atoms with E-state index in [0.29, 0.717) is 0 Å². The zero-order chi connectivity index (χ0) is 15.3. The van der Waals surface area contributed by atoms with Gasteiger partial charge in [-0.05, 0) is 43.7 Å². The fraction of sp³-hybridized carbons (Fsp3) is 0.611. The number of hydrogen-bond donors (Lipinski definition) is 2. The van der Waals surface area contributed by atoms with Crippen LogP contribution in [0.2, 0.25) is 0 Å². The Balaban J connectivity index is 1.88. The first-order valence-corrected chi connectivity index (χ1v) is 8.05. The van der Waals surface area contributed by atoms with Gasteiger partial charge in [-0.1, -0.05) is 44.2 Å². The lowest BCUT2D eigenvalue weighted by molar-refractivity contribution is -0.126. The van der Waals surface area contributed by atoms with Crippen molar-refractivity contribution in [2.75, 3.05) is 13.1 Å². The van der Waals surface area contributed by atoms with Crippen molar-refractivity contribution in [2.45, 2.75) is 51.5 Å². The van der Waals surface area contributed by atoms with Crippen molar-refractivity contribution in [3.05, 3.63) is 35.9 Å². The van der Waals surface area contributed by atoms with Crippen LogP contribution in [0, 0.1) is 5.92 Å². The summed E-state index contributed by atoms with van der Waals surface area (Å²) in [5.41, 5.74) is 1.39. The van der Waals surface area contributed by atoms with Gasteiger partial charge in [0, 0.05) is 12.6 Å². The van der Waals surface area contributed by atoms with Gasteiger partial charge in [0.2, 0.25) is 5.91 Å². The molecule has 0 radical (unpaired) electrons. The van der Waals surface area contributed by atoms with Crippen molar-refractivity contribution in [2.24, 2.45) is 5.92 Å². The lowest BCUT2D eigenvalue weighted by atomic mass is 9.79. The standard InChI is InChI=1S/C18H28N2O/c1-14(20-17(21)15-8-7-11-19-13-15)12-18(2,3)16-9-5-4-6-10-16/h4-6,9-10,14-15,19H,7-8,11-13H2,1-3H3,(H,20,21). The fourth-order valence-electron chi connectivity index (χ4n) is 3.26. The Morgan fingerprint density at radius 2 is 2.10 bits per heavy atom. The molecule has 2 unspecified atom stereocenters. The molecule has 1 heterocycles. The van der Waals surface area contributed by atoms with Crippen LogP contribution >= 0.6 is 0 Å². The monoisotopic (exact) mass is 288 g/mol. The predicted octanol–water partition coefficient (Wildman–Crippen LogP) is 2.86. The molecule has 0 aromatic heterocycles. The van der Waals surface area contributed by atoms with Gasteiger partial charge in [-0.25, -0.2) is 0 Å². The van der Waals surface area contributed by atoms with Gasteiger partial charge in [0.1, 0.15) is 0 Å². The summed E-state index contributed by atoms with van der Waals surface area (Å²) in [5.74, 6) is 0.347. The summed E-state index contributed by atoms with van der Waals surface area (Å²) in [6.07, 6.45) is 3.05. The van der Waals surface area contributed by atoms with Gasteiger partial charge in [0.15, 0.2) is 0 Å². The molecule has 0 spiro atoms. The molecular weight excluding hydrogens is 260 g/mol. The van der Waals surface area contributed by atoms with E-state index in [1.54, 1.807) is 0 Å². The van der Waals surface area contributed by atoms with Crippen molar-refractivity contribution >= 4 is 5.91 Å². The van der Waals surface area contributed by atoms with E-state index in [0.717, 1.165) is 32.4 Å². The van der Waals surface area contributed by atoms with Crippen LogP contribution in [-0.2, 0) is 10.2 Å². The molecular formula is C18H28N2O. The molecule has 1 aliphatic heterocycles. The normalized spacial score (nSPS) is 20.8. The highest BCUT2D eigenvalue weighted by Crippen LogP contribution is 2.28. The highest BCUT2D eigenvalue weighted by molar-refractivity contribution is 5.79. The summed E-state index contributed by atoms with van der Waals surface area (Å²) in [6.45, 7) is 8.46. The minimum absolute atomic E-state index is 0.0682. The van der Waals surface area contributed by atoms with Crippen LogP contribution in [0.15, 0.2) is 30.3 Å². The maximum absolute atomic E-state index is 12.3. The zero-order valence-corrected chi connectivity index (χ0v) is 13.5. The second-order valence-corrected chi connectivity index (χ2v) is 6.91. The van der Waals surface area contributed by atoms with Crippen LogP contribution in [0.4, 0.5) is 0 Å². The summed E-state index contributed by atoms with van der Waals surface area (Å²) >= 11 is 0. The summed E-state index contributed by atoms with van der Waals surface area (Å²) in [6, 6.07) is 10.7. The highest BCUT2D eigenvalue weighted by atomic mass is 16.1. The lowest BCUT2D eigenvalue weighted by Crippen LogP contribution is -2.45. The molecule has 2 rings (SSSR count). The fourth-order valence-corrected chi connectivity index (χ4v) is 3.26. The maximum Gasteiger partial charge on any atom is 0.224 e. The number of carbonyl (C=O) groups is 1. The first-order valence-electron chi connectivity index (χ1n) is 8.05. The van der Waals surface area contributed by atoms with Gasteiger partial charge < -0.3 is 10.6 Å². The number of piperidine rings is 1. The van der Waals surface area contributed by atoms with Gasteiger partial charge in [-0.2, -0.15) is 0 Å². The van der Waals surface area contributed by atoms with E-state index in [4.69, 9.17) is 0 Å². The molecule has 1 aliphatic rings. The van der Waals surface area contributed by atoms with Crippen LogP contribution in [-0.4, -0.2) is 25.0 Å². The van der Waals surface area contributed by atoms with E-state index < -0.39 is 0 Å². The van der Waals surface area contributed by atoms with Crippen molar-refractivity contribution in [1.82, 2.24) is 10.6 Å². The summed E-state index contributed by atoms with van der Waals surface area (Å²) in [4.78, 5) is 12.3. The molecule has 2 atom stereocenters. The van der Waals surface area contributed by atoms with Gasteiger partial charge in [-0.3, -0.25) is 4.79 Å². The van der Waals surface area contributed by atoms with Gasteiger partial charge in [-0.15, -0.1) is 0 Å². The van der Waals surface area contributed by atoms with Crippen LogP contribution < -0.4 is 10.6 Å². The largest absolute Gasteiger partial charge is 0.353 e. The summed E-state index contributed by atoms with van der Waals surface area (Å²) in [5, 5.41) is 6.50. The third-order valence-electron chi connectivity index (χ3n) is 4.43. The van der Waals surface area contributed by atoms with Crippen LogP contribution in [0.1, 0.15) is 45.6 Å². The van der Waals surface area contributed by atoms with Gasteiger partial charge in [0.25, 0.3) is 0 Å². The van der Waals surface area contributed by atoms with Crippen molar-refractivity contribution in [3.8, 4) is 0 Å². The number of nitrogens with one attached hydrogen (secondary N) is 2. The molecule has 116 valence electrons. The lowest BCUT2D eigenvalue weighted by Gasteiger charge is -2.30. The number of hydrogen-bond acceptors (Lipinski definition) is 2. The van der Waals surface area contributed by atoms with Crippen LogP contribution in [0.5, 0.6) is 0 Å². The van der Waals surface area contributed by atoms with E-state index in [9.17, 15) is 4.79 Å². The first kappa shape index (κ1) is 16.0. The summed E-state index contributed by atoms with van der Waals surface area (Å²) in [7, 11) is 0. The molecule has 1 fully saturated rings. The smallest absolute Gasteiger partial charge is 0.224 e. The van der Waals surface area contributed by atoms with E-state index in [2.05, 4.69) is 55.7 Å². The Labute approximate surface area is 128 Å². The Kier molecular flexibility index (Phi) is 5.40. The van der Waals surface area contributed by atoms with E-state index in [1.165, 1.54) is 5.56 Å². The Bertz CT molecular complexity index is 450. The van der Waals surface area contributed by atoms with Gasteiger partial charge in [0.05, 0.1) is 5.92 Å². The molecule has 2 N–H and O–H groups in total. The quantitative estimate of drug-likeness (QED) is 0.875. The second-order valence-electron chi connectivity index (χ2n) is 6.91. The van der Waals surface area contributed by atoms with Crippen molar-refractivity contribution in [1.29, 1.82) is 0 Å². The van der Waals surface area contributed by atoms with Crippen LogP contribution in [0.3, 0.4) is 0 Å². The molecule has 21 heavy (non-hydrogen) atoms. The number of rotatable bonds is 5. The first-order chi connectivity index (χ1) is 9.99. The third-order valence-corrected chi connectivity index (χ3v) is 4.43. The molecule has 0 aliphatic carbocycles. The topological polar surface area (TPSA) is 41.1 Å². The molecule has 3 nitrogen and oxygen atoms in total. The molecule has 3 heteroatoms. The number of amides is 1. The summed E-state index contributed by atoms with van der Waals surface area (Å²) < 4.78 is 0. The predicted molar refractivity (Wildman–Crippen MR) is 87.3 cm³/mol. The second kappa shape index (κ2) is 7.08. The SMILES string of the molecule is CC(CC(C)(C)c1ccccc1)NC(=O)C1CCCNC1. The van der Waals surface area contributed by atoms with Crippen molar-refractivity contribution < 1.29 is 4.79 Å². The molecule has 0 saturated carbocycles. The average Bonchev–Trinajstić information content (AvgIpc) is 2.48. The Morgan fingerprint density at radius 1 is 1.38 bits per heavy atom.